The molecule has 0 radical (unpaired) electrons. The van der Waals surface area contributed by atoms with E-state index in [2.05, 4.69) is 0 Å². The Bertz CT molecular complexity index is 1150. The van der Waals surface area contributed by atoms with Crippen molar-refractivity contribution in [2.75, 3.05) is 13.2 Å². The quantitative estimate of drug-likeness (QED) is 0.294. The second-order valence-electron chi connectivity index (χ2n) is 7.56. The highest BCUT2D eigenvalue weighted by atomic mass is 32.2. The smallest absolute Gasteiger partial charge is 0.262 e. The molecule has 0 amide bonds. The van der Waals surface area contributed by atoms with Crippen molar-refractivity contribution in [2.45, 2.75) is 50.2 Å². The minimum absolute atomic E-state index is 0.00780. The van der Waals surface area contributed by atoms with Gasteiger partial charge in [-0.3, -0.25) is 14.2 Å². The van der Waals surface area contributed by atoms with Crippen LogP contribution in [0.15, 0.2) is 52.4 Å². The maximum atomic E-state index is 13.2. The van der Waals surface area contributed by atoms with E-state index in [-0.39, 0.29) is 17.4 Å². The van der Waals surface area contributed by atoms with E-state index in [1.807, 2.05) is 43.3 Å². The average molecular weight is 439 g/mol. The minimum atomic E-state index is -0.0499. The molecule has 1 fully saturated rings. The van der Waals surface area contributed by atoms with Crippen LogP contribution < -0.4 is 10.3 Å². The van der Waals surface area contributed by atoms with Crippen LogP contribution in [0.25, 0.3) is 10.9 Å². The zero-order valence-corrected chi connectivity index (χ0v) is 18.6. The van der Waals surface area contributed by atoms with Crippen molar-refractivity contribution in [1.82, 2.24) is 9.55 Å². The Kier molecular flexibility index (Phi) is 6.73. The number of Topliss-reactive ketones (excluding diaryl/α,β-unsaturated/α-hetero) is 1. The zero-order chi connectivity index (χ0) is 21.8. The van der Waals surface area contributed by atoms with Gasteiger partial charge in [0.1, 0.15) is 5.75 Å². The number of hydrogen-bond acceptors (Lipinski definition) is 6. The molecular formula is C24H26N2O4S. The molecule has 0 saturated carbocycles. The number of benzene rings is 2. The number of nitrogens with zero attached hydrogens (tertiary/aromatic N) is 2. The topological polar surface area (TPSA) is 70.4 Å². The number of hydrogen-bond donors (Lipinski definition) is 0. The molecule has 0 N–H and O–H groups in total. The predicted octanol–water partition coefficient (Wildman–Crippen LogP) is 4.47. The highest BCUT2D eigenvalue weighted by Crippen LogP contribution is 2.29. The number of fused-ring (bicyclic) bond motifs is 1. The summed E-state index contributed by atoms with van der Waals surface area (Å²) in [5.41, 5.74) is 2.18. The fourth-order valence-electron chi connectivity index (χ4n) is 3.76. The van der Waals surface area contributed by atoms with Crippen LogP contribution in [-0.2, 0) is 17.0 Å². The maximum absolute atomic E-state index is 13.2. The van der Waals surface area contributed by atoms with Crippen LogP contribution in [0.2, 0.25) is 0 Å². The van der Waals surface area contributed by atoms with Crippen LogP contribution >= 0.6 is 11.8 Å². The van der Waals surface area contributed by atoms with Crippen LogP contribution in [-0.4, -0.2) is 34.7 Å². The highest BCUT2D eigenvalue weighted by molar-refractivity contribution is 7.98. The summed E-state index contributed by atoms with van der Waals surface area (Å²) in [5.74, 6) is 1.29. The molecule has 0 spiro atoms. The molecule has 2 heterocycles. The monoisotopic (exact) mass is 438 g/mol. The Hall–Kier alpha value is -2.64. The van der Waals surface area contributed by atoms with E-state index in [0.717, 1.165) is 30.8 Å². The molecular weight excluding hydrogens is 412 g/mol. The minimum Gasteiger partial charge on any atom is -0.494 e. The van der Waals surface area contributed by atoms with Crippen LogP contribution in [0, 0.1) is 0 Å². The van der Waals surface area contributed by atoms with E-state index in [4.69, 9.17) is 14.5 Å². The highest BCUT2D eigenvalue weighted by Gasteiger charge is 2.20. The van der Waals surface area contributed by atoms with Crippen LogP contribution in [0.3, 0.4) is 0 Å². The molecule has 4 rings (SSSR count). The number of ether oxygens (including phenoxy) is 2. The van der Waals surface area contributed by atoms with Crippen molar-refractivity contribution in [3.63, 3.8) is 0 Å². The maximum Gasteiger partial charge on any atom is 0.262 e. The molecule has 0 aliphatic carbocycles. The lowest BCUT2D eigenvalue weighted by atomic mass is 10.1. The molecule has 0 unspecified atom stereocenters. The van der Waals surface area contributed by atoms with Crippen LogP contribution in [0.1, 0.15) is 42.6 Å². The van der Waals surface area contributed by atoms with E-state index in [1.165, 1.54) is 11.8 Å². The number of carbonyl (C=O) groups excluding carboxylic acids is 1. The number of carbonyl (C=O) groups is 1. The van der Waals surface area contributed by atoms with Gasteiger partial charge in [0, 0.05) is 23.5 Å². The summed E-state index contributed by atoms with van der Waals surface area (Å²) in [4.78, 5) is 29.9. The molecule has 162 valence electrons. The molecule has 31 heavy (non-hydrogen) atoms. The molecule has 3 aromatic rings. The first kappa shape index (κ1) is 21.6. The SMILES string of the molecule is CCOc1ccc(C(C)=O)cc1CSc1nc2ccccc2c(=O)n1C[C@@H]1CCCO1. The van der Waals surface area contributed by atoms with Gasteiger partial charge in [0.05, 0.1) is 30.2 Å². The van der Waals surface area contributed by atoms with E-state index >= 15 is 0 Å². The van der Waals surface area contributed by atoms with Gasteiger partial charge in [-0.05, 0) is 57.0 Å². The standard InChI is InChI=1S/C24H26N2O4S/c1-3-29-22-11-10-17(16(2)27)13-18(22)15-31-24-25-21-9-5-4-8-20(21)23(28)26(24)14-19-7-6-12-30-19/h4-5,8-11,13,19H,3,6-7,12,14-15H2,1-2H3/t19-/m0/s1. The molecule has 1 aliphatic heterocycles. The van der Waals surface area contributed by atoms with Gasteiger partial charge in [-0.2, -0.15) is 0 Å². The molecule has 1 aliphatic rings. The molecule has 1 saturated heterocycles. The Morgan fingerprint density at radius 2 is 2.13 bits per heavy atom. The normalized spacial score (nSPS) is 16.0. The fourth-order valence-corrected chi connectivity index (χ4v) is 4.75. The van der Waals surface area contributed by atoms with Gasteiger partial charge < -0.3 is 9.47 Å². The third kappa shape index (κ3) is 4.83. The summed E-state index contributed by atoms with van der Waals surface area (Å²) in [6.07, 6.45) is 1.98. The van der Waals surface area contributed by atoms with Gasteiger partial charge in [0.25, 0.3) is 5.56 Å². The first-order valence-corrected chi connectivity index (χ1v) is 11.6. The summed E-state index contributed by atoms with van der Waals surface area (Å²) in [6, 6.07) is 12.9. The Morgan fingerprint density at radius 1 is 1.29 bits per heavy atom. The fraction of sp³-hybridized carbons (Fsp3) is 0.375. The van der Waals surface area contributed by atoms with Gasteiger partial charge in [-0.25, -0.2) is 4.98 Å². The lowest BCUT2D eigenvalue weighted by Gasteiger charge is -2.17. The summed E-state index contributed by atoms with van der Waals surface area (Å²) >= 11 is 1.48. The van der Waals surface area contributed by atoms with Crippen molar-refractivity contribution in [3.8, 4) is 5.75 Å². The second kappa shape index (κ2) is 9.66. The summed E-state index contributed by atoms with van der Waals surface area (Å²) < 4.78 is 13.3. The molecule has 1 aromatic heterocycles. The van der Waals surface area contributed by atoms with Gasteiger partial charge >= 0.3 is 0 Å². The average Bonchev–Trinajstić information content (AvgIpc) is 3.28. The molecule has 7 heteroatoms. The van der Waals surface area contributed by atoms with Crippen molar-refractivity contribution >= 4 is 28.4 Å². The van der Waals surface area contributed by atoms with Crippen molar-refractivity contribution in [3.05, 3.63) is 63.9 Å². The Morgan fingerprint density at radius 3 is 2.87 bits per heavy atom. The van der Waals surface area contributed by atoms with Gasteiger partial charge in [-0.15, -0.1) is 0 Å². The first-order valence-electron chi connectivity index (χ1n) is 10.6. The lowest BCUT2D eigenvalue weighted by Crippen LogP contribution is -2.28. The summed E-state index contributed by atoms with van der Waals surface area (Å²) in [7, 11) is 0. The van der Waals surface area contributed by atoms with Crippen LogP contribution in [0.4, 0.5) is 0 Å². The summed E-state index contributed by atoms with van der Waals surface area (Å²) in [5, 5.41) is 1.26. The van der Waals surface area contributed by atoms with Gasteiger partial charge in [0.15, 0.2) is 10.9 Å². The predicted molar refractivity (Wildman–Crippen MR) is 122 cm³/mol. The van der Waals surface area contributed by atoms with Crippen molar-refractivity contribution in [1.29, 1.82) is 0 Å². The van der Waals surface area contributed by atoms with Crippen molar-refractivity contribution < 1.29 is 14.3 Å². The van der Waals surface area contributed by atoms with Crippen molar-refractivity contribution in [2.24, 2.45) is 0 Å². The second-order valence-corrected chi connectivity index (χ2v) is 8.51. The summed E-state index contributed by atoms with van der Waals surface area (Å²) in [6.45, 7) is 5.25. The zero-order valence-electron chi connectivity index (χ0n) is 17.8. The third-order valence-corrected chi connectivity index (χ3v) is 6.39. The number of ketones is 1. The van der Waals surface area contributed by atoms with Crippen LogP contribution in [0.5, 0.6) is 5.75 Å². The molecule has 2 aromatic carbocycles. The van der Waals surface area contributed by atoms with E-state index in [0.29, 0.717) is 40.5 Å². The Balaban J connectivity index is 1.70. The first-order chi connectivity index (χ1) is 15.1. The Labute approximate surface area is 185 Å². The third-order valence-electron chi connectivity index (χ3n) is 5.36. The number of para-hydroxylation sites is 1. The number of aromatic nitrogens is 2. The largest absolute Gasteiger partial charge is 0.494 e. The van der Waals surface area contributed by atoms with E-state index in [1.54, 1.807) is 17.6 Å². The lowest BCUT2D eigenvalue weighted by molar-refractivity contribution is 0.0937. The van der Waals surface area contributed by atoms with E-state index < -0.39 is 0 Å². The van der Waals surface area contributed by atoms with E-state index in [9.17, 15) is 9.59 Å². The molecule has 6 nitrogen and oxygen atoms in total. The number of rotatable bonds is 8. The van der Waals surface area contributed by atoms with Gasteiger partial charge in [-0.1, -0.05) is 23.9 Å². The number of thioether (sulfide) groups is 1. The van der Waals surface area contributed by atoms with Gasteiger partial charge in [0.2, 0.25) is 0 Å². The molecule has 1 atom stereocenters. The molecule has 0 bridgehead atoms.